The second-order valence-corrected chi connectivity index (χ2v) is 4.39. The van der Waals surface area contributed by atoms with Crippen LogP contribution in [0.1, 0.15) is 11.1 Å². The van der Waals surface area contributed by atoms with Crippen molar-refractivity contribution in [1.82, 2.24) is 0 Å². The monoisotopic (exact) mass is 232 g/mol. The molecule has 0 amide bonds. The van der Waals surface area contributed by atoms with Crippen molar-refractivity contribution in [3.63, 3.8) is 0 Å². The molecular weight excluding hydrogens is 220 g/mol. The molecule has 2 heteroatoms. The van der Waals surface area contributed by atoms with E-state index in [0.717, 1.165) is 11.1 Å². The van der Waals surface area contributed by atoms with E-state index in [1.807, 2.05) is 36.4 Å². The molecular formula is C16H12N2. The van der Waals surface area contributed by atoms with Crippen LogP contribution in [0.4, 0.5) is 0 Å². The molecule has 0 atom stereocenters. The van der Waals surface area contributed by atoms with Gasteiger partial charge in [0.2, 0.25) is 0 Å². The van der Waals surface area contributed by atoms with Gasteiger partial charge in [-0.25, -0.2) is 0 Å². The highest BCUT2D eigenvalue weighted by atomic mass is 14.6. The lowest BCUT2D eigenvalue weighted by molar-refractivity contribution is 1.13. The Bertz CT molecular complexity index is 690. The average molecular weight is 232 g/mol. The van der Waals surface area contributed by atoms with Gasteiger partial charge in [0, 0.05) is 17.7 Å². The third-order valence-electron chi connectivity index (χ3n) is 3.32. The number of benzene rings is 2. The maximum atomic E-state index is 9.32. The maximum absolute atomic E-state index is 9.32. The SMILES string of the molecule is N#CC1=C(N)Cc2ccccc2-c2ccccc21. The number of hydrogen-bond acceptors (Lipinski definition) is 2. The molecule has 2 nitrogen and oxygen atoms in total. The van der Waals surface area contributed by atoms with Gasteiger partial charge in [-0.3, -0.25) is 0 Å². The summed E-state index contributed by atoms with van der Waals surface area (Å²) in [5, 5.41) is 9.32. The maximum Gasteiger partial charge on any atom is 0.102 e. The predicted molar refractivity (Wildman–Crippen MR) is 72.3 cm³/mol. The first-order valence-corrected chi connectivity index (χ1v) is 5.87. The molecule has 0 heterocycles. The van der Waals surface area contributed by atoms with Gasteiger partial charge in [-0.15, -0.1) is 0 Å². The normalized spacial score (nSPS) is 13.3. The highest BCUT2D eigenvalue weighted by molar-refractivity contribution is 5.91. The Hall–Kier alpha value is -2.53. The fourth-order valence-electron chi connectivity index (χ4n) is 2.47. The van der Waals surface area contributed by atoms with Crippen molar-refractivity contribution in [1.29, 1.82) is 5.26 Å². The van der Waals surface area contributed by atoms with Gasteiger partial charge in [0.15, 0.2) is 0 Å². The molecule has 2 N–H and O–H groups in total. The molecule has 0 saturated carbocycles. The lowest BCUT2D eigenvalue weighted by Gasteiger charge is -2.08. The van der Waals surface area contributed by atoms with Gasteiger partial charge in [-0.05, 0) is 16.7 Å². The van der Waals surface area contributed by atoms with E-state index in [2.05, 4.69) is 18.2 Å². The summed E-state index contributed by atoms with van der Waals surface area (Å²) in [5.74, 6) is 0. The molecule has 0 saturated heterocycles. The molecule has 2 aromatic carbocycles. The Morgan fingerprint density at radius 2 is 1.50 bits per heavy atom. The van der Waals surface area contributed by atoms with Crippen LogP contribution in [0.3, 0.4) is 0 Å². The first-order chi connectivity index (χ1) is 8.81. The largest absolute Gasteiger partial charge is 0.401 e. The number of rotatable bonds is 0. The summed E-state index contributed by atoms with van der Waals surface area (Å²) < 4.78 is 0. The lowest BCUT2D eigenvalue weighted by Crippen LogP contribution is -2.03. The Labute approximate surface area is 106 Å². The summed E-state index contributed by atoms with van der Waals surface area (Å²) in [6, 6.07) is 18.4. The van der Waals surface area contributed by atoms with E-state index in [1.54, 1.807) is 0 Å². The van der Waals surface area contributed by atoms with Crippen molar-refractivity contribution in [2.45, 2.75) is 6.42 Å². The molecule has 1 aliphatic rings. The van der Waals surface area contributed by atoms with Crippen molar-refractivity contribution in [3.05, 3.63) is 65.4 Å². The topological polar surface area (TPSA) is 49.8 Å². The molecule has 18 heavy (non-hydrogen) atoms. The van der Waals surface area contributed by atoms with Crippen LogP contribution in [0.2, 0.25) is 0 Å². The first kappa shape index (κ1) is 10.6. The summed E-state index contributed by atoms with van der Waals surface area (Å²) in [7, 11) is 0. The summed E-state index contributed by atoms with van der Waals surface area (Å²) >= 11 is 0. The predicted octanol–water partition coefficient (Wildman–Crippen LogP) is 3.10. The minimum absolute atomic E-state index is 0.599. The number of hydrogen-bond donors (Lipinski definition) is 1. The molecule has 0 radical (unpaired) electrons. The second kappa shape index (κ2) is 4.05. The Morgan fingerprint density at radius 3 is 2.22 bits per heavy atom. The van der Waals surface area contributed by atoms with Crippen LogP contribution in [-0.4, -0.2) is 0 Å². The fraction of sp³-hybridized carbons (Fsp3) is 0.0625. The minimum atomic E-state index is 0.599. The molecule has 0 spiro atoms. The Balaban J connectivity index is 2.40. The van der Waals surface area contributed by atoms with Crippen molar-refractivity contribution in [3.8, 4) is 17.2 Å². The van der Waals surface area contributed by atoms with E-state index in [1.165, 1.54) is 11.1 Å². The Morgan fingerprint density at radius 1 is 0.889 bits per heavy atom. The highest BCUT2D eigenvalue weighted by Crippen LogP contribution is 2.35. The Kier molecular flexibility index (Phi) is 2.39. The molecule has 0 bridgehead atoms. The lowest BCUT2D eigenvalue weighted by atomic mass is 9.95. The average Bonchev–Trinajstić information content (AvgIpc) is 2.52. The van der Waals surface area contributed by atoms with Crippen molar-refractivity contribution >= 4 is 5.57 Å². The number of nitrogens with zero attached hydrogens (tertiary/aromatic N) is 1. The highest BCUT2D eigenvalue weighted by Gasteiger charge is 2.18. The van der Waals surface area contributed by atoms with E-state index >= 15 is 0 Å². The fourth-order valence-corrected chi connectivity index (χ4v) is 2.47. The van der Waals surface area contributed by atoms with Crippen molar-refractivity contribution in [2.24, 2.45) is 5.73 Å². The second-order valence-electron chi connectivity index (χ2n) is 4.39. The van der Waals surface area contributed by atoms with Gasteiger partial charge in [-0.2, -0.15) is 5.26 Å². The van der Waals surface area contributed by atoms with Crippen LogP contribution in [0, 0.1) is 11.3 Å². The molecule has 2 aromatic rings. The van der Waals surface area contributed by atoms with Gasteiger partial charge >= 0.3 is 0 Å². The molecule has 0 fully saturated rings. The van der Waals surface area contributed by atoms with Gasteiger partial charge in [-0.1, -0.05) is 48.5 Å². The van der Waals surface area contributed by atoms with E-state index in [-0.39, 0.29) is 0 Å². The summed E-state index contributed by atoms with van der Waals surface area (Å²) in [6.07, 6.45) is 0.633. The standard InChI is InChI=1S/C16H12N2/c17-10-15-14-8-4-3-7-13(14)12-6-2-1-5-11(12)9-16(15)18/h1-8H,9,18H2. The number of fused-ring (bicyclic) bond motifs is 3. The summed E-state index contributed by atoms with van der Waals surface area (Å²) in [4.78, 5) is 0. The van der Waals surface area contributed by atoms with E-state index in [9.17, 15) is 5.26 Å². The zero-order valence-corrected chi connectivity index (χ0v) is 9.85. The third-order valence-corrected chi connectivity index (χ3v) is 3.32. The zero-order valence-electron chi connectivity index (χ0n) is 9.85. The van der Waals surface area contributed by atoms with Crippen LogP contribution in [0.15, 0.2) is 54.2 Å². The van der Waals surface area contributed by atoms with Gasteiger partial charge in [0.25, 0.3) is 0 Å². The van der Waals surface area contributed by atoms with Crippen molar-refractivity contribution < 1.29 is 0 Å². The third kappa shape index (κ3) is 1.49. The van der Waals surface area contributed by atoms with Gasteiger partial charge in [0.1, 0.15) is 6.07 Å². The van der Waals surface area contributed by atoms with Crippen LogP contribution < -0.4 is 5.73 Å². The van der Waals surface area contributed by atoms with Crippen LogP contribution in [0.25, 0.3) is 16.7 Å². The molecule has 86 valence electrons. The number of allylic oxidation sites excluding steroid dienone is 2. The van der Waals surface area contributed by atoms with E-state index in [0.29, 0.717) is 17.7 Å². The van der Waals surface area contributed by atoms with Crippen molar-refractivity contribution in [2.75, 3.05) is 0 Å². The van der Waals surface area contributed by atoms with E-state index < -0.39 is 0 Å². The van der Waals surface area contributed by atoms with Gasteiger partial charge in [0.05, 0.1) is 5.57 Å². The summed E-state index contributed by atoms with van der Waals surface area (Å²) in [5.41, 5.74) is 11.7. The molecule has 0 aromatic heterocycles. The van der Waals surface area contributed by atoms with Crippen LogP contribution >= 0.6 is 0 Å². The summed E-state index contributed by atoms with van der Waals surface area (Å²) in [6.45, 7) is 0. The minimum Gasteiger partial charge on any atom is -0.401 e. The molecule has 0 aliphatic heterocycles. The first-order valence-electron chi connectivity index (χ1n) is 5.87. The van der Waals surface area contributed by atoms with Gasteiger partial charge < -0.3 is 5.73 Å². The molecule has 0 unspecified atom stereocenters. The van der Waals surface area contributed by atoms with E-state index in [4.69, 9.17) is 5.73 Å². The number of nitriles is 1. The smallest absolute Gasteiger partial charge is 0.102 e. The quantitative estimate of drug-likeness (QED) is 0.758. The molecule has 1 aliphatic carbocycles. The zero-order chi connectivity index (χ0) is 12.5. The number of nitrogens with two attached hydrogens (primary N) is 1. The molecule has 3 rings (SSSR count). The van der Waals surface area contributed by atoms with Crippen LogP contribution in [0.5, 0.6) is 0 Å². The van der Waals surface area contributed by atoms with Crippen LogP contribution in [-0.2, 0) is 6.42 Å².